The van der Waals surface area contributed by atoms with Gasteiger partial charge in [0.1, 0.15) is 5.69 Å². The molecule has 2 rings (SSSR count). The highest BCUT2D eigenvalue weighted by Crippen LogP contribution is 2.33. The van der Waals surface area contributed by atoms with Crippen molar-refractivity contribution in [3.8, 4) is 5.75 Å². The molecule has 19 heavy (non-hydrogen) atoms. The lowest BCUT2D eigenvalue weighted by molar-refractivity contribution is 0.401. The molecule has 2 aromatic rings. The van der Waals surface area contributed by atoms with Crippen LogP contribution in [0.4, 0.5) is 0 Å². The molecule has 0 radical (unpaired) electrons. The second-order valence-electron chi connectivity index (χ2n) is 4.35. The predicted octanol–water partition coefficient (Wildman–Crippen LogP) is 1.94. The maximum Gasteiger partial charge on any atom is 0.161 e. The van der Waals surface area contributed by atoms with E-state index < -0.39 is 0 Å². The van der Waals surface area contributed by atoms with E-state index in [1.165, 1.54) is 0 Å². The van der Waals surface area contributed by atoms with Gasteiger partial charge in [0.05, 0.1) is 19.3 Å². The molecule has 0 aliphatic rings. The van der Waals surface area contributed by atoms with Crippen LogP contribution in [0.1, 0.15) is 22.9 Å². The van der Waals surface area contributed by atoms with Gasteiger partial charge in [-0.05, 0) is 24.1 Å². The number of nitrogens with zero attached hydrogens (tertiary/aromatic N) is 2. The molecule has 102 valence electrons. The number of benzene rings is 1. The van der Waals surface area contributed by atoms with Crippen LogP contribution in [0.3, 0.4) is 0 Å². The second kappa shape index (κ2) is 5.61. The zero-order chi connectivity index (χ0) is 14.0. The van der Waals surface area contributed by atoms with E-state index in [2.05, 4.69) is 10.5 Å². The molecule has 0 aliphatic heterocycles. The molecule has 1 atom stereocenters. The third kappa shape index (κ3) is 2.58. The number of hydrogen-bond acceptors (Lipinski definition) is 4. The van der Waals surface area contributed by atoms with Gasteiger partial charge in [0.15, 0.2) is 5.75 Å². The Morgan fingerprint density at radius 1 is 1.47 bits per heavy atom. The number of methoxy groups -OCH3 is 1. The van der Waals surface area contributed by atoms with Crippen molar-refractivity contribution in [1.82, 2.24) is 15.2 Å². The van der Waals surface area contributed by atoms with Crippen LogP contribution in [0, 0.1) is 6.92 Å². The van der Waals surface area contributed by atoms with E-state index in [0.29, 0.717) is 10.8 Å². The van der Waals surface area contributed by atoms with E-state index in [4.69, 9.17) is 22.2 Å². The highest BCUT2D eigenvalue weighted by atomic mass is 35.5. The normalized spacial score (nSPS) is 12.5. The number of rotatable bonds is 4. The fourth-order valence-electron chi connectivity index (χ4n) is 2.10. The molecule has 0 saturated carbocycles. The maximum absolute atomic E-state index is 6.30. The Morgan fingerprint density at radius 2 is 2.21 bits per heavy atom. The topological polar surface area (TPSA) is 65.1 Å². The lowest BCUT2D eigenvalue weighted by Crippen LogP contribution is -2.31. The first kappa shape index (κ1) is 13.9. The van der Waals surface area contributed by atoms with E-state index in [9.17, 15) is 0 Å². The first-order chi connectivity index (χ1) is 9.08. The zero-order valence-electron chi connectivity index (χ0n) is 11.1. The number of ether oxygens (including phenoxy) is 1. The first-order valence-corrected chi connectivity index (χ1v) is 6.24. The molecule has 0 spiro atoms. The molecule has 0 saturated heterocycles. The third-order valence-corrected chi connectivity index (χ3v) is 3.40. The Bertz CT molecular complexity index is 582. The Hall–Kier alpha value is -1.56. The number of aromatic nitrogens is 2. The molecule has 1 aromatic heterocycles. The molecular weight excluding hydrogens is 264 g/mol. The number of hydrogen-bond donors (Lipinski definition) is 2. The van der Waals surface area contributed by atoms with Crippen LogP contribution >= 0.6 is 11.6 Å². The predicted molar refractivity (Wildman–Crippen MR) is 75.1 cm³/mol. The van der Waals surface area contributed by atoms with Gasteiger partial charge in [0, 0.05) is 12.1 Å². The first-order valence-electron chi connectivity index (χ1n) is 5.86. The van der Waals surface area contributed by atoms with Crippen molar-refractivity contribution in [2.75, 3.05) is 7.11 Å². The summed E-state index contributed by atoms with van der Waals surface area (Å²) in [5.74, 6) is 6.36. The Labute approximate surface area is 117 Å². The molecule has 0 fully saturated rings. The van der Waals surface area contributed by atoms with Crippen LogP contribution in [-0.4, -0.2) is 16.9 Å². The largest absolute Gasteiger partial charge is 0.493 e. The number of aryl methyl sites for hydroxylation is 2. The van der Waals surface area contributed by atoms with Crippen LogP contribution < -0.4 is 16.0 Å². The van der Waals surface area contributed by atoms with Gasteiger partial charge in [-0.1, -0.05) is 23.7 Å². The molecule has 1 aromatic carbocycles. The quantitative estimate of drug-likeness (QED) is 0.664. The van der Waals surface area contributed by atoms with Gasteiger partial charge < -0.3 is 4.74 Å². The smallest absolute Gasteiger partial charge is 0.161 e. The zero-order valence-corrected chi connectivity index (χ0v) is 11.9. The van der Waals surface area contributed by atoms with Crippen LogP contribution in [0.2, 0.25) is 5.02 Å². The fraction of sp³-hybridized carbons (Fsp3) is 0.308. The third-order valence-electron chi connectivity index (χ3n) is 3.08. The van der Waals surface area contributed by atoms with Gasteiger partial charge in [-0.2, -0.15) is 5.10 Å². The van der Waals surface area contributed by atoms with Crippen molar-refractivity contribution in [3.05, 3.63) is 46.2 Å². The van der Waals surface area contributed by atoms with Crippen molar-refractivity contribution >= 4 is 11.6 Å². The standard InChI is InChI=1S/C13H17ClN4O/c1-8-4-5-9(10(14)6-8)12(17-15)13-11(19-3)7-16-18(13)2/h4-7,12,17H,15H2,1-3H3. The van der Waals surface area contributed by atoms with Gasteiger partial charge in [-0.25, -0.2) is 5.43 Å². The van der Waals surface area contributed by atoms with Gasteiger partial charge in [0.25, 0.3) is 0 Å². The van der Waals surface area contributed by atoms with Gasteiger partial charge >= 0.3 is 0 Å². The summed E-state index contributed by atoms with van der Waals surface area (Å²) in [6.45, 7) is 1.99. The number of nitrogens with one attached hydrogen (secondary N) is 1. The van der Waals surface area contributed by atoms with E-state index in [0.717, 1.165) is 16.8 Å². The number of hydrazine groups is 1. The van der Waals surface area contributed by atoms with Crippen molar-refractivity contribution < 1.29 is 4.74 Å². The molecule has 0 amide bonds. The SMILES string of the molecule is COc1cnn(C)c1C(NN)c1ccc(C)cc1Cl. The summed E-state index contributed by atoms with van der Waals surface area (Å²) < 4.78 is 7.03. The average Bonchev–Trinajstić information content (AvgIpc) is 2.74. The molecule has 6 heteroatoms. The Morgan fingerprint density at radius 3 is 2.79 bits per heavy atom. The van der Waals surface area contributed by atoms with E-state index in [-0.39, 0.29) is 6.04 Å². The summed E-state index contributed by atoms with van der Waals surface area (Å²) in [6, 6.07) is 5.57. The summed E-state index contributed by atoms with van der Waals surface area (Å²) in [4.78, 5) is 0. The fourth-order valence-corrected chi connectivity index (χ4v) is 2.44. The minimum Gasteiger partial charge on any atom is -0.493 e. The molecular formula is C13H17ClN4O. The van der Waals surface area contributed by atoms with Crippen molar-refractivity contribution in [2.24, 2.45) is 12.9 Å². The minimum absolute atomic E-state index is 0.282. The van der Waals surface area contributed by atoms with Crippen LogP contribution in [0.5, 0.6) is 5.75 Å². The van der Waals surface area contributed by atoms with E-state index in [1.807, 2.05) is 32.2 Å². The highest BCUT2D eigenvalue weighted by molar-refractivity contribution is 6.31. The Balaban J connectivity index is 2.52. The second-order valence-corrected chi connectivity index (χ2v) is 4.75. The average molecular weight is 281 g/mol. The van der Waals surface area contributed by atoms with E-state index in [1.54, 1.807) is 18.0 Å². The van der Waals surface area contributed by atoms with Crippen molar-refractivity contribution in [2.45, 2.75) is 13.0 Å². The molecule has 5 nitrogen and oxygen atoms in total. The van der Waals surface area contributed by atoms with Gasteiger partial charge in [-0.15, -0.1) is 0 Å². The Kier molecular flexibility index (Phi) is 4.09. The van der Waals surface area contributed by atoms with Crippen molar-refractivity contribution in [1.29, 1.82) is 0 Å². The minimum atomic E-state index is -0.282. The lowest BCUT2D eigenvalue weighted by Gasteiger charge is -2.19. The monoisotopic (exact) mass is 280 g/mol. The molecule has 1 unspecified atom stereocenters. The van der Waals surface area contributed by atoms with Gasteiger partial charge in [-0.3, -0.25) is 10.5 Å². The number of nitrogens with two attached hydrogens (primary N) is 1. The summed E-state index contributed by atoms with van der Waals surface area (Å²) in [5, 5.41) is 4.84. The molecule has 1 heterocycles. The van der Waals surface area contributed by atoms with Crippen LogP contribution in [-0.2, 0) is 7.05 Å². The maximum atomic E-state index is 6.30. The van der Waals surface area contributed by atoms with Crippen LogP contribution in [0.25, 0.3) is 0 Å². The molecule has 0 aliphatic carbocycles. The summed E-state index contributed by atoms with van der Waals surface area (Å²) in [5.41, 5.74) is 5.59. The van der Waals surface area contributed by atoms with E-state index >= 15 is 0 Å². The lowest BCUT2D eigenvalue weighted by atomic mass is 10.0. The number of halogens is 1. The van der Waals surface area contributed by atoms with Gasteiger partial charge in [0.2, 0.25) is 0 Å². The highest BCUT2D eigenvalue weighted by Gasteiger charge is 2.23. The summed E-state index contributed by atoms with van der Waals surface area (Å²) >= 11 is 6.30. The summed E-state index contributed by atoms with van der Waals surface area (Å²) in [6.07, 6.45) is 1.65. The summed E-state index contributed by atoms with van der Waals surface area (Å²) in [7, 11) is 3.44. The van der Waals surface area contributed by atoms with Crippen LogP contribution in [0.15, 0.2) is 24.4 Å². The molecule has 3 N–H and O–H groups in total. The van der Waals surface area contributed by atoms with Crippen molar-refractivity contribution in [3.63, 3.8) is 0 Å². The molecule has 0 bridgehead atoms.